The first kappa shape index (κ1) is 12.9. The van der Waals surface area contributed by atoms with Crippen molar-refractivity contribution in [2.75, 3.05) is 18.0 Å². The summed E-state index contributed by atoms with van der Waals surface area (Å²) in [5, 5.41) is 10.7. The Kier molecular flexibility index (Phi) is 3.50. The predicted molar refractivity (Wildman–Crippen MR) is 78.1 cm³/mol. The summed E-state index contributed by atoms with van der Waals surface area (Å²) in [6, 6.07) is 8.50. The second-order valence-corrected chi connectivity index (χ2v) is 6.12. The summed E-state index contributed by atoms with van der Waals surface area (Å²) in [7, 11) is 0. The highest BCUT2D eigenvalue weighted by molar-refractivity contribution is 5.49. The number of anilines is 1. The SMILES string of the molecule is NCc1cccc(N2CCC3(O)CCCCC3C2)c1. The third-order valence-corrected chi connectivity index (χ3v) is 4.94. The van der Waals surface area contributed by atoms with Gasteiger partial charge in [-0.3, -0.25) is 0 Å². The van der Waals surface area contributed by atoms with Crippen LogP contribution in [0.5, 0.6) is 0 Å². The van der Waals surface area contributed by atoms with Crippen molar-refractivity contribution in [2.45, 2.75) is 44.2 Å². The number of fused-ring (bicyclic) bond motifs is 1. The number of benzene rings is 1. The molecule has 19 heavy (non-hydrogen) atoms. The zero-order valence-corrected chi connectivity index (χ0v) is 11.5. The fraction of sp³-hybridized carbons (Fsp3) is 0.625. The molecule has 1 aromatic carbocycles. The fourth-order valence-electron chi connectivity index (χ4n) is 3.69. The van der Waals surface area contributed by atoms with Gasteiger partial charge in [-0.25, -0.2) is 0 Å². The summed E-state index contributed by atoms with van der Waals surface area (Å²) in [6.07, 6.45) is 5.53. The van der Waals surface area contributed by atoms with Gasteiger partial charge in [0, 0.05) is 31.2 Å². The van der Waals surface area contributed by atoms with Crippen LogP contribution in [-0.4, -0.2) is 23.8 Å². The minimum absolute atomic E-state index is 0.389. The maximum absolute atomic E-state index is 10.7. The van der Waals surface area contributed by atoms with Gasteiger partial charge < -0.3 is 15.7 Å². The van der Waals surface area contributed by atoms with E-state index in [4.69, 9.17) is 5.73 Å². The maximum Gasteiger partial charge on any atom is 0.0709 e. The van der Waals surface area contributed by atoms with Crippen molar-refractivity contribution >= 4 is 5.69 Å². The van der Waals surface area contributed by atoms with E-state index in [9.17, 15) is 5.11 Å². The van der Waals surface area contributed by atoms with E-state index in [1.54, 1.807) is 0 Å². The van der Waals surface area contributed by atoms with Crippen LogP contribution in [0.2, 0.25) is 0 Å². The van der Waals surface area contributed by atoms with E-state index in [-0.39, 0.29) is 5.60 Å². The van der Waals surface area contributed by atoms with Gasteiger partial charge in [0.15, 0.2) is 0 Å². The van der Waals surface area contributed by atoms with Crippen LogP contribution < -0.4 is 10.6 Å². The predicted octanol–water partition coefficient (Wildman–Crippen LogP) is 2.28. The first-order chi connectivity index (χ1) is 9.21. The summed E-state index contributed by atoms with van der Waals surface area (Å²) in [5.74, 6) is 0.441. The second kappa shape index (κ2) is 5.14. The number of rotatable bonds is 2. The van der Waals surface area contributed by atoms with Crippen molar-refractivity contribution in [3.63, 3.8) is 0 Å². The van der Waals surface area contributed by atoms with E-state index in [0.29, 0.717) is 12.5 Å². The zero-order chi connectivity index (χ0) is 13.3. The number of nitrogens with two attached hydrogens (primary N) is 1. The summed E-state index contributed by atoms with van der Waals surface area (Å²) in [6.45, 7) is 2.54. The minimum Gasteiger partial charge on any atom is -0.389 e. The standard InChI is InChI=1S/C16H24N2O/c17-11-13-4-3-6-15(10-13)18-9-8-16(19)7-2-1-5-14(16)12-18/h3-4,6,10,14,19H,1-2,5,7-9,11-12,17H2. The van der Waals surface area contributed by atoms with E-state index in [2.05, 4.69) is 29.2 Å². The molecular weight excluding hydrogens is 236 g/mol. The molecule has 1 saturated heterocycles. The molecule has 3 nitrogen and oxygen atoms in total. The van der Waals surface area contributed by atoms with Crippen LogP contribution in [0.15, 0.2) is 24.3 Å². The Morgan fingerprint density at radius 1 is 1.32 bits per heavy atom. The Hall–Kier alpha value is -1.06. The topological polar surface area (TPSA) is 49.5 Å². The van der Waals surface area contributed by atoms with Crippen LogP contribution in [0.3, 0.4) is 0 Å². The van der Waals surface area contributed by atoms with Crippen molar-refractivity contribution in [1.29, 1.82) is 0 Å². The summed E-state index contributed by atoms with van der Waals surface area (Å²) >= 11 is 0. The van der Waals surface area contributed by atoms with Crippen LogP contribution >= 0.6 is 0 Å². The highest BCUT2D eigenvalue weighted by Gasteiger charge is 2.42. The Labute approximate surface area is 115 Å². The molecule has 0 aromatic heterocycles. The molecule has 1 aliphatic carbocycles. The molecular formula is C16H24N2O. The van der Waals surface area contributed by atoms with Gasteiger partial charge in [-0.15, -0.1) is 0 Å². The van der Waals surface area contributed by atoms with Crippen molar-refractivity contribution < 1.29 is 5.11 Å². The van der Waals surface area contributed by atoms with Crippen LogP contribution in [0.25, 0.3) is 0 Å². The van der Waals surface area contributed by atoms with Gasteiger partial charge in [-0.1, -0.05) is 25.0 Å². The quantitative estimate of drug-likeness (QED) is 0.857. The van der Waals surface area contributed by atoms with Gasteiger partial charge in [0.2, 0.25) is 0 Å². The number of hydrogen-bond acceptors (Lipinski definition) is 3. The first-order valence-corrected chi connectivity index (χ1v) is 7.48. The third kappa shape index (κ3) is 2.49. The molecule has 2 fully saturated rings. The largest absolute Gasteiger partial charge is 0.389 e. The summed E-state index contributed by atoms with van der Waals surface area (Å²) in [5.41, 5.74) is 7.77. The fourth-order valence-corrected chi connectivity index (χ4v) is 3.69. The van der Waals surface area contributed by atoms with Crippen LogP contribution in [0.1, 0.15) is 37.7 Å². The number of piperidine rings is 1. The van der Waals surface area contributed by atoms with E-state index in [1.807, 2.05) is 0 Å². The van der Waals surface area contributed by atoms with E-state index in [1.165, 1.54) is 30.5 Å². The summed E-state index contributed by atoms with van der Waals surface area (Å²) in [4.78, 5) is 2.42. The van der Waals surface area contributed by atoms with Gasteiger partial charge in [0.1, 0.15) is 0 Å². The van der Waals surface area contributed by atoms with Crippen molar-refractivity contribution in [2.24, 2.45) is 11.7 Å². The van der Waals surface area contributed by atoms with Crippen molar-refractivity contribution in [3.05, 3.63) is 29.8 Å². The molecule has 104 valence electrons. The van der Waals surface area contributed by atoms with Gasteiger partial charge in [0.25, 0.3) is 0 Å². The maximum atomic E-state index is 10.7. The number of nitrogens with zero attached hydrogens (tertiary/aromatic N) is 1. The Bertz CT molecular complexity index is 448. The van der Waals surface area contributed by atoms with E-state index < -0.39 is 0 Å². The van der Waals surface area contributed by atoms with Crippen LogP contribution in [0, 0.1) is 5.92 Å². The third-order valence-electron chi connectivity index (χ3n) is 4.94. The average Bonchev–Trinajstić information content (AvgIpc) is 2.46. The highest BCUT2D eigenvalue weighted by Crippen LogP contribution is 2.40. The Morgan fingerprint density at radius 3 is 3.05 bits per heavy atom. The molecule has 2 atom stereocenters. The molecule has 3 heteroatoms. The van der Waals surface area contributed by atoms with Gasteiger partial charge in [0.05, 0.1) is 5.60 Å². The van der Waals surface area contributed by atoms with E-state index in [0.717, 1.165) is 25.9 Å². The first-order valence-electron chi connectivity index (χ1n) is 7.48. The molecule has 2 unspecified atom stereocenters. The molecule has 2 aliphatic rings. The minimum atomic E-state index is -0.389. The Morgan fingerprint density at radius 2 is 2.21 bits per heavy atom. The molecule has 0 spiro atoms. The van der Waals surface area contributed by atoms with Gasteiger partial charge in [-0.05, 0) is 37.0 Å². The highest BCUT2D eigenvalue weighted by atomic mass is 16.3. The molecule has 1 saturated carbocycles. The lowest BCUT2D eigenvalue weighted by molar-refractivity contribution is -0.0612. The lowest BCUT2D eigenvalue weighted by Gasteiger charge is -2.48. The smallest absolute Gasteiger partial charge is 0.0709 e. The van der Waals surface area contributed by atoms with Crippen molar-refractivity contribution in [3.8, 4) is 0 Å². The molecule has 1 aromatic rings. The van der Waals surface area contributed by atoms with E-state index >= 15 is 0 Å². The van der Waals surface area contributed by atoms with Gasteiger partial charge >= 0.3 is 0 Å². The Balaban J connectivity index is 1.76. The number of hydrogen-bond donors (Lipinski definition) is 2. The average molecular weight is 260 g/mol. The molecule has 3 N–H and O–H groups in total. The van der Waals surface area contributed by atoms with Crippen molar-refractivity contribution in [1.82, 2.24) is 0 Å². The van der Waals surface area contributed by atoms with Crippen LogP contribution in [-0.2, 0) is 6.54 Å². The second-order valence-electron chi connectivity index (χ2n) is 6.12. The zero-order valence-electron chi connectivity index (χ0n) is 11.5. The molecule has 0 bridgehead atoms. The molecule has 3 rings (SSSR count). The summed E-state index contributed by atoms with van der Waals surface area (Å²) < 4.78 is 0. The lowest BCUT2D eigenvalue weighted by atomic mass is 9.71. The van der Waals surface area contributed by atoms with Gasteiger partial charge in [-0.2, -0.15) is 0 Å². The normalized spacial score (nSPS) is 31.1. The lowest BCUT2D eigenvalue weighted by Crippen LogP contribution is -2.53. The molecule has 1 aliphatic heterocycles. The molecule has 1 heterocycles. The number of aliphatic hydroxyl groups is 1. The van der Waals surface area contributed by atoms with Crippen LogP contribution in [0.4, 0.5) is 5.69 Å². The monoisotopic (exact) mass is 260 g/mol. The molecule has 0 radical (unpaired) electrons. The molecule has 0 amide bonds.